The number of alkyl halides is 2. The van der Waals surface area contributed by atoms with Crippen molar-refractivity contribution in [1.82, 2.24) is 20.2 Å². The summed E-state index contributed by atoms with van der Waals surface area (Å²) in [5.41, 5.74) is 4.84. The lowest BCUT2D eigenvalue weighted by molar-refractivity contribution is -0.131. The minimum Gasteiger partial charge on any atom is -0.298 e. The third kappa shape index (κ3) is 6.27. The number of sulfonamides is 2. The number of hydrogen-bond acceptors (Lipinski definition) is 8. The van der Waals surface area contributed by atoms with Gasteiger partial charge in [0.25, 0.3) is 10.0 Å². The van der Waals surface area contributed by atoms with Gasteiger partial charge in [-0.3, -0.25) is 29.7 Å². The molecule has 0 radical (unpaired) electrons. The molecule has 2 aromatic carbocycles. The highest BCUT2D eigenvalue weighted by Gasteiger charge is 2.17. The number of rotatable bonds is 9. The van der Waals surface area contributed by atoms with Crippen LogP contribution in [0.2, 0.25) is 0 Å². The SMILES string of the molecule is CS(=O)(=O)Nc1n[nH]c(=S)n1-c1ccc(S(=O)(=O)Nc2ccc(NNC(=O)C(F)F)cc2)cc1. The van der Waals surface area contributed by atoms with Crippen LogP contribution in [0.15, 0.2) is 53.4 Å². The van der Waals surface area contributed by atoms with Gasteiger partial charge in [0.05, 0.1) is 22.5 Å². The second kappa shape index (κ2) is 9.74. The Kier molecular flexibility index (Phi) is 7.18. The van der Waals surface area contributed by atoms with Crippen molar-refractivity contribution in [3.63, 3.8) is 0 Å². The number of carbonyl (C=O) groups is 1. The lowest BCUT2D eigenvalue weighted by atomic mass is 10.3. The third-order valence-corrected chi connectivity index (χ3v) is 6.24. The van der Waals surface area contributed by atoms with Gasteiger partial charge >= 0.3 is 12.3 Å². The number of carbonyl (C=O) groups excluding carboxylic acids is 1. The molecule has 1 aromatic heterocycles. The summed E-state index contributed by atoms with van der Waals surface area (Å²) in [6.07, 6.45) is -2.24. The van der Waals surface area contributed by atoms with Gasteiger partial charge in [0.15, 0.2) is 0 Å². The number of nitrogens with one attached hydrogen (secondary N) is 5. The van der Waals surface area contributed by atoms with Crippen LogP contribution in [0.25, 0.3) is 5.69 Å². The van der Waals surface area contributed by atoms with Gasteiger partial charge < -0.3 is 0 Å². The van der Waals surface area contributed by atoms with Crippen LogP contribution in [0, 0.1) is 4.77 Å². The molecule has 0 bridgehead atoms. The molecule has 12 nitrogen and oxygen atoms in total. The zero-order chi connectivity index (χ0) is 25.1. The first-order chi connectivity index (χ1) is 15.9. The van der Waals surface area contributed by atoms with E-state index >= 15 is 0 Å². The normalized spacial score (nSPS) is 11.8. The molecule has 0 aliphatic heterocycles. The van der Waals surface area contributed by atoms with Crippen LogP contribution in [0.1, 0.15) is 0 Å². The molecule has 5 N–H and O–H groups in total. The molecule has 3 rings (SSSR count). The number of hydrogen-bond donors (Lipinski definition) is 5. The number of halogens is 2. The van der Waals surface area contributed by atoms with Crippen LogP contribution in [0.5, 0.6) is 0 Å². The summed E-state index contributed by atoms with van der Waals surface area (Å²) in [5, 5.41) is 6.26. The first-order valence-electron chi connectivity index (χ1n) is 9.08. The maximum absolute atomic E-state index is 12.7. The highest BCUT2D eigenvalue weighted by atomic mass is 32.2. The van der Waals surface area contributed by atoms with Crippen molar-refractivity contribution in [1.29, 1.82) is 0 Å². The lowest BCUT2D eigenvalue weighted by Crippen LogP contribution is -2.34. The molecule has 0 saturated carbocycles. The summed E-state index contributed by atoms with van der Waals surface area (Å²) in [4.78, 5) is 10.8. The van der Waals surface area contributed by atoms with Crippen LogP contribution >= 0.6 is 12.2 Å². The number of benzene rings is 2. The average Bonchev–Trinajstić information content (AvgIpc) is 3.11. The zero-order valence-corrected chi connectivity index (χ0v) is 19.6. The quantitative estimate of drug-likeness (QED) is 0.205. The Balaban J connectivity index is 1.74. The molecule has 17 heteroatoms. The molecule has 3 aromatic rings. The Morgan fingerprint density at radius 3 is 2.15 bits per heavy atom. The van der Waals surface area contributed by atoms with Crippen LogP contribution in [-0.2, 0) is 24.8 Å². The monoisotopic (exact) mass is 533 g/mol. The van der Waals surface area contributed by atoms with Crippen molar-refractivity contribution in [2.24, 2.45) is 0 Å². The van der Waals surface area contributed by atoms with Crippen molar-refractivity contribution in [3.05, 3.63) is 53.3 Å². The van der Waals surface area contributed by atoms with Crippen LogP contribution in [-0.4, -0.2) is 50.2 Å². The van der Waals surface area contributed by atoms with E-state index in [4.69, 9.17) is 12.2 Å². The number of aromatic nitrogens is 3. The van der Waals surface area contributed by atoms with Gasteiger partial charge in [-0.1, -0.05) is 0 Å². The Labute approximate surface area is 197 Å². The maximum Gasteiger partial charge on any atom is 0.317 e. The van der Waals surface area contributed by atoms with E-state index in [9.17, 15) is 30.4 Å². The molecular weight excluding hydrogens is 516 g/mol. The fourth-order valence-corrected chi connectivity index (χ4v) is 4.33. The van der Waals surface area contributed by atoms with E-state index in [-0.39, 0.29) is 27.0 Å². The topological polar surface area (TPSA) is 167 Å². The van der Waals surface area contributed by atoms with Gasteiger partial charge in [-0.15, -0.1) is 5.10 Å². The van der Waals surface area contributed by atoms with Gasteiger partial charge in [0.2, 0.25) is 20.7 Å². The Morgan fingerprint density at radius 2 is 1.59 bits per heavy atom. The van der Waals surface area contributed by atoms with Crippen molar-refractivity contribution in [2.75, 3.05) is 21.1 Å². The maximum atomic E-state index is 12.7. The van der Waals surface area contributed by atoms with Crippen LogP contribution < -0.4 is 20.3 Å². The predicted molar refractivity (Wildman–Crippen MR) is 122 cm³/mol. The zero-order valence-electron chi connectivity index (χ0n) is 17.1. The van der Waals surface area contributed by atoms with Crippen LogP contribution in [0.3, 0.4) is 0 Å². The van der Waals surface area contributed by atoms with Gasteiger partial charge in [-0.25, -0.2) is 21.9 Å². The fourth-order valence-electron chi connectivity index (χ4n) is 2.57. The summed E-state index contributed by atoms with van der Waals surface area (Å²) in [6, 6.07) is 10.8. The molecule has 1 heterocycles. The van der Waals surface area contributed by atoms with Gasteiger partial charge in [0, 0.05) is 5.69 Å². The van der Waals surface area contributed by atoms with Gasteiger partial charge in [-0.2, -0.15) is 8.78 Å². The molecule has 182 valence electrons. The third-order valence-electron chi connectivity index (χ3n) is 4.02. The fraction of sp³-hybridized carbons (Fsp3) is 0.118. The number of amides is 1. The predicted octanol–water partition coefficient (Wildman–Crippen LogP) is 1.81. The Hall–Kier alpha value is -3.57. The van der Waals surface area contributed by atoms with Gasteiger partial charge in [-0.05, 0) is 60.7 Å². The van der Waals surface area contributed by atoms with E-state index in [0.29, 0.717) is 5.69 Å². The molecular formula is C17H17F2N7O5S3. The smallest absolute Gasteiger partial charge is 0.298 e. The second-order valence-electron chi connectivity index (χ2n) is 6.65. The van der Waals surface area contributed by atoms with E-state index in [1.807, 2.05) is 0 Å². The minimum absolute atomic E-state index is 0.0818. The number of anilines is 3. The summed E-state index contributed by atoms with van der Waals surface area (Å²) in [7, 11) is -7.65. The van der Waals surface area contributed by atoms with Crippen LogP contribution in [0.4, 0.5) is 26.1 Å². The van der Waals surface area contributed by atoms with E-state index in [0.717, 1.165) is 6.26 Å². The average molecular weight is 534 g/mol. The highest BCUT2D eigenvalue weighted by Crippen LogP contribution is 2.21. The van der Waals surface area contributed by atoms with Crippen molar-refractivity contribution in [3.8, 4) is 5.69 Å². The lowest BCUT2D eigenvalue weighted by Gasteiger charge is -2.12. The summed E-state index contributed by atoms with van der Waals surface area (Å²) >= 11 is 5.11. The minimum atomic E-state index is -4.01. The van der Waals surface area contributed by atoms with Crippen molar-refractivity contribution < 1.29 is 30.4 Å². The molecule has 1 amide bonds. The largest absolute Gasteiger partial charge is 0.317 e. The molecule has 0 spiro atoms. The van der Waals surface area contributed by atoms with E-state index in [1.54, 1.807) is 5.43 Å². The molecule has 0 atom stereocenters. The van der Waals surface area contributed by atoms with Crippen molar-refractivity contribution in [2.45, 2.75) is 11.3 Å². The Bertz CT molecular complexity index is 1450. The number of H-pyrrole nitrogens is 1. The van der Waals surface area contributed by atoms with Gasteiger partial charge in [0.1, 0.15) is 0 Å². The summed E-state index contributed by atoms with van der Waals surface area (Å²) in [5.74, 6) is -1.61. The van der Waals surface area contributed by atoms with E-state index < -0.39 is 32.4 Å². The summed E-state index contributed by atoms with van der Waals surface area (Å²) in [6.45, 7) is 0. The number of nitrogens with zero attached hydrogens (tertiary/aromatic N) is 2. The molecule has 0 aliphatic carbocycles. The first-order valence-corrected chi connectivity index (χ1v) is 12.9. The second-order valence-corrected chi connectivity index (χ2v) is 10.5. The molecule has 0 unspecified atom stereocenters. The molecule has 0 aliphatic rings. The molecule has 34 heavy (non-hydrogen) atoms. The Morgan fingerprint density at radius 1 is 1.00 bits per heavy atom. The van der Waals surface area contributed by atoms with E-state index in [2.05, 4.69) is 25.1 Å². The summed E-state index contributed by atoms with van der Waals surface area (Å²) < 4.78 is 78.7. The molecule has 0 saturated heterocycles. The molecule has 0 fully saturated rings. The number of hydrazine groups is 1. The van der Waals surface area contributed by atoms with E-state index in [1.165, 1.54) is 53.1 Å². The standard InChI is InChI=1S/C17H17F2N7O5S3/c1-33(28,29)25-16-22-23-17(32)26(16)12-6-8-13(9-7-12)34(30,31)24-11-4-2-10(3-5-11)20-21-15(27)14(18)19/h2-9,14,20,24H,1H3,(H,21,27)(H,22,25)(H,23,32). The first kappa shape index (κ1) is 25.1. The highest BCUT2D eigenvalue weighted by molar-refractivity contribution is 7.92. The number of aromatic amines is 1. The van der Waals surface area contributed by atoms with Crippen molar-refractivity contribution >= 4 is 55.5 Å².